The maximum atomic E-state index is 13.1. The molecule has 0 aliphatic carbocycles. The molecule has 2 aliphatic heterocycles. The van der Waals surface area contributed by atoms with E-state index in [0.29, 0.717) is 22.0 Å². The van der Waals surface area contributed by atoms with E-state index in [1.807, 2.05) is 0 Å². The number of nitrogens with zero attached hydrogens (tertiary/aromatic N) is 1. The monoisotopic (exact) mass is 391 g/mol. The quantitative estimate of drug-likeness (QED) is 0.724. The molecular formula is C18H11ClFNO4S. The molecule has 2 heterocycles. The summed E-state index contributed by atoms with van der Waals surface area (Å²) in [5.74, 6) is 0.339. The van der Waals surface area contributed by atoms with E-state index in [0.717, 1.165) is 28.3 Å². The second kappa shape index (κ2) is 6.66. The second-order valence-electron chi connectivity index (χ2n) is 5.62. The molecule has 0 atom stereocenters. The largest absolute Gasteiger partial charge is 0.454 e. The first kappa shape index (κ1) is 16.9. The van der Waals surface area contributed by atoms with Crippen LogP contribution in [0.5, 0.6) is 11.5 Å². The summed E-state index contributed by atoms with van der Waals surface area (Å²) in [7, 11) is 0. The average Bonchev–Trinajstić information content (AvgIpc) is 3.16. The third kappa shape index (κ3) is 3.15. The van der Waals surface area contributed by atoms with Crippen molar-refractivity contribution in [2.75, 3.05) is 6.79 Å². The van der Waals surface area contributed by atoms with Gasteiger partial charge >= 0.3 is 0 Å². The lowest BCUT2D eigenvalue weighted by Gasteiger charge is -2.13. The topological polar surface area (TPSA) is 55.8 Å². The number of ether oxygens (including phenoxy) is 2. The van der Waals surface area contributed by atoms with Crippen molar-refractivity contribution in [1.29, 1.82) is 0 Å². The molecule has 0 aromatic heterocycles. The second-order valence-corrected chi connectivity index (χ2v) is 7.02. The summed E-state index contributed by atoms with van der Waals surface area (Å²) in [6.07, 6.45) is 1.62. The average molecular weight is 392 g/mol. The summed E-state index contributed by atoms with van der Waals surface area (Å²) in [5.41, 5.74) is 1.22. The van der Waals surface area contributed by atoms with Gasteiger partial charge in [-0.05, 0) is 53.2 Å². The molecule has 26 heavy (non-hydrogen) atoms. The van der Waals surface area contributed by atoms with E-state index in [1.54, 1.807) is 24.3 Å². The molecule has 2 amide bonds. The van der Waals surface area contributed by atoms with E-state index in [1.165, 1.54) is 12.1 Å². The molecule has 132 valence electrons. The molecule has 8 heteroatoms. The van der Waals surface area contributed by atoms with Gasteiger partial charge in [0.25, 0.3) is 11.1 Å². The summed E-state index contributed by atoms with van der Waals surface area (Å²) in [5, 5.41) is -0.230. The number of hydrogen-bond donors (Lipinski definition) is 0. The molecule has 2 aliphatic rings. The molecule has 0 bridgehead atoms. The van der Waals surface area contributed by atoms with Crippen molar-refractivity contribution in [3.8, 4) is 11.5 Å². The Balaban J connectivity index is 1.57. The van der Waals surface area contributed by atoms with Crippen LogP contribution in [0.4, 0.5) is 9.18 Å². The van der Waals surface area contributed by atoms with Crippen molar-refractivity contribution >= 4 is 40.6 Å². The van der Waals surface area contributed by atoms with Crippen LogP contribution in [-0.4, -0.2) is 22.8 Å². The van der Waals surface area contributed by atoms with E-state index in [-0.39, 0.29) is 18.4 Å². The fourth-order valence-corrected chi connectivity index (χ4v) is 3.68. The summed E-state index contributed by atoms with van der Waals surface area (Å²) in [6, 6.07) is 9.12. The first-order valence-corrected chi connectivity index (χ1v) is 8.79. The van der Waals surface area contributed by atoms with Gasteiger partial charge in [-0.1, -0.05) is 23.7 Å². The molecule has 0 spiro atoms. The Morgan fingerprint density at radius 2 is 1.96 bits per heavy atom. The Kier molecular flexibility index (Phi) is 4.34. The summed E-state index contributed by atoms with van der Waals surface area (Å²) in [4.78, 5) is 26.2. The lowest BCUT2D eigenvalue weighted by Crippen LogP contribution is -2.27. The van der Waals surface area contributed by atoms with Gasteiger partial charge in [-0.25, -0.2) is 4.39 Å². The van der Waals surface area contributed by atoms with Crippen molar-refractivity contribution in [2.45, 2.75) is 6.54 Å². The molecule has 0 unspecified atom stereocenters. The summed E-state index contributed by atoms with van der Waals surface area (Å²) >= 11 is 6.83. The van der Waals surface area contributed by atoms with Crippen LogP contribution in [0, 0.1) is 5.82 Å². The van der Waals surface area contributed by atoms with Crippen LogP contribution in [0.3, 0.4) is 0 Å². The number of imide groups is 1. The Morgan fingerprint density at radius 1 is 1.15 bits per heavy atom. The zero-order valence-corrected chi connectivity index (χ0v) is 14.8. The molecular weight excluding hydrogens is 381 g/mol. The fraction of sp³-hybridized carbons (Fsp3) is 0.111. The van der Waals surface area contributed by atoms with Gasteiger partial charge in [-0.3, -0.25) is 14.5 Å². The predicted molar refractivity (Wildman–Crippen MR) is 95.5 cm³/mol. The number of amides is 2. The van der Waals surface area contributed by atoms with Crippen LogP contribution in [-0.2, 0) is 11.3 Å². The first-order chi connectivity index (χ1) is 12.5. The SMILES string of the molecule is O=C1S/C(=C/c2ccc3c(c2)OCO3)C(=O)N1Cc1ccc(F)cc1Cl. The Labute approximate surface area is 157 Å². The lowest BCUT2D eigenvalue weighted by molar-refractivity contribution is -0.123. The highest BCUT2D eigenvalue weighted by Crippen LogP contribution is 2.37. The predicted octanol–water partition coefficient (Wildman–Crippen LogP) is 4.44. The molecule has 0 N–H and O–H groups in total. The van der Waals surface area contributed by atoms with Crippen LogP contribution in [0.25, 0.3) is 6.08 Å². The number of rotatable bonds is 3. The number of halogens is 2. The third-order valence-corrected chi connectivity index (χ3v) is 5.17. The molecule has 2 aromatic carbocycles. The van der Waals surface area contributed by atoms with Gasteiger partial charge in [0.2, 0.25) is 6.79 Å². The number of fused-ring (bicyclic) bond motifs is 1. The van der Waals surface area contributed by atoms with Crippen molar-refractivity contribution in [3.63, 3.8) is 0 Å². The van der Waals surface area contributed by atoms with Crippen molar-refractivity contribution in [2.24, 2.45) is 0 Å². The number of carbonyl (C=O) groups excluding carboxylic acids is 2. The highest BCUT2D eigenvalue weighted by atomic mass is 35.5. The van der Waals surface area contributed by atoms with Gasteiger partial charge in [0, 0.05) is 5.02 Å². The molecule has 2 aromatic rings. The third-order valence-electron chi connectivity index (χ3n) is 3.91. The Bertz CT molecular complexity index is 962. The normalized spacial score (nSPS) is 17.5. The Hall–Kier alpha value is -2.51. The van der Waals surface area contributed by atoms with Crippen LogP contribution in [0.2, 0.25) is 5.02 Å². The zero-order chi connectivity index (χ0) is 18.3. The van der Waals surface area contributed by atoms with Gasteiger partial charge in [-0.15, -0.1) is 0 Å². The van der Waals surface area contributed by atoms with Crippen molar-refractivity contribution in [1.82, 2.24) is 4.90 Å². The Morgan fingerprint density at radius 3 is 2.77 bits per heavy atom. The molecule has 0 radical (unpaired) electrons. The van der Waals surface area contributed by atoms with Gasteiger partial charge in [0.05, 0.1) is 11.4 Å². The number of thioether (sulfide) groups is 1. The minimum atomic E-state index is -0.476. The van der Waals surface area contributed by atoms with Crippen LogP contribution < -0.4 is 9.47 Å². The highest BCUT2D eigenvalue weighted by Gasteiger charge is 2.35. The van der Waals surface area contributed by atoms with E-state index in [2.05, 4.69) is 0 Å². The fourth-order valence-electron chi connectivity index (χ4n) is 2.61. The molecule has 1 fully saturated rings. The zero-order valence-electron chi connectivity index (χ0n) is 13.2. The van der Waals surface area contributed by atoms with Crippen LogP contribution >= 0.6 is 23.4 Å². The van der Waals surface area contributed by atoms with Crippen LogP contribution in [0.1, 0.15) is 11.1 Å². The highest BCUT2D eigenvalue weighted by molar-refractivity contribution is 8.18. The summed E-state index contributed by atoms with van der Waals surface area (Å²) in [6.45, 7) is 0.149. The number of carbonyl (C=O) groups is 2. The minimum Gasteiger partial charge on any atom is -0.454 e. The van der Waals surface area contributed by atoms with E-state index in [9.17, 15) is 14.0 Å². The number of hydrogen-bond acceptors (Lipinski definition) is 5. The maximum Gasteiger partial charge on any atom is 0.293 e. The van der Waals surface area contributed by atoms with E-state index < -0.39 is 17.0 Å². The van der Waals surface area contributed by atoms with Gasteiger partial charge in [0.1, 0.15) is 5.82 Å². The molecule has 1 saturated heterocycles. The maximum absolute atomic E-state index is 13.1. The van der Waals surface area contributed by atoms with Crippen molar-refractivity contribution in [3.05, 3.63) is 63.3 Å². The van der Waals surface area contributed by atoms with E-state index in [4.69, 9.17) is 21.1 Å². The van der Waals surface area contributed by atoms with Crippen molar-refractivity contribution < 1.29 is 23.5 Å². The van der Waals surface area contributed by atoms with Gasteiger partial charge in [-0.2, -0.15) is 0 Å². The van der Waals surface area contributed by atoms with Gasteiger partial charge in [0.15, 0.2) is 11.5 Å². The molecule has 0 saturated carbocycles. The molecule has 4 rings (SSSR count). The number of benzene rings is 2. The van der Waals surface area contributed by atoms with E-state index >= 15 is 0 Å². The van der Waals surface area contributed by atoms with Gasteiger partial charge < -0.3 is 9.47 Å². The molecule has 5 nitrogen and oxygen atoms in total. The standard InChI is InChI=1S/C18H11ClFNO4S/c19-13-7-12(20)3-2-11(13)8-21-17(22)16(26-18(21)23)6-10-1-4-14-15(5-10)25-9-24-14/h1-7H,8-9H2/b16-6+. The first-order valence-electron chi connectivity index (χ1n) is 7.60. The van der Waals surface area contributed by atoms with Crippen LogP contribution in [0.15, 0.2) is 41.3 Å². The summed E-state index contributed by atoms with van der Waals surface area (Å²) < 4.78 is 23.7. The lowest BCUT2D eigenvalue weighted by atomic mass is 10.1. The minimum absolute atomic E-state index is 0.0116. The smallest absolute Gasteiger partial charge is 0.293 e.